The number of ether oxygens (including phenoxy) is 2. The minimum Gasteiger partial charge on any atom is -0.365 e. The van der Waals surface area contributed by atoms with E-state index in [9.17, 15) is 31.1 Å². The van der Waals surface area contributed by atoms with Gasteiger partial charge in [0.15, 0.2) is 0 Å². The third-order valence-electron chi connectivity index (χ3n) is 5.70. The van der Waals surface area contributed by atoms with Gasteiger partial charge in [-0.15, -0.1) is 0 Å². The summed E-state index contributed by atoms with van der Waals surface area (Å²) in [6.45, 7) is 4.78. The molecule has 1 aromatic rings. The molecule has 34 heavy (non-hydrogen) atoms. The Kier molecular flexibility index (Phi) is 9.09. The molecule has 5 nitrogen and oxygen atoms in total. The number of rotatable bonds is 7. The molecule has 1 heterocycles. The van der Waals surface area contributed by atoms with Crippen molar-refractivity contribution in [3.05, 3.63) is 35.4 Å². The maximum atomic E-state index is 13.9. The van der Waals surface area contributed by atoms with Crippen molar-refractivity contribution in [1.29, 1.82) is 0 Å². The van der Waals surface area contributed by atoms with E-state index in [1.807, 2.05) is 18.7 Å². The average molecular weight is 561 g/mol. The van der Waals surface area contributed by atoms with Gasteiger partial charge in [0.2, 0.25) is 5.91 Å². The van der Waals surface area contributed by atoms with Gasteiger partial charge in [0, 0.05) is 43.5 Å². The molecule has 1 aromatic carbocycles. The van der Waals surface area contributed by atoms with E-state index in [1.165, 1.54) is 18.2 Å². The van der Waals surface area contributed by atoms with Gasteiger partial charge in [-0.2, -0.15) is 26.3 Å². The number of amides is 1. The van der Waals surface area contributed by atoms with Gasteiger partial charge < -0.3 is 19.3 Å². The zero-order valence-corrected chi connectivity index (χ0v) is 20.7. The van der Waals surface area contributed by atoms with Crippen molar-refractivity contribution in [3.63, 3.8) is 0 Å². The summed E-state index contributed by atoms with van der Waals surface area (Å²) in [7, 11) is 0.939. The second-order valence-corrected chi connectivity index (χ2v) is 8.59. The molecule has 1 aliphatic rings. The Labute approximate surface area is 202 Å². The van der Waals surface area contributed by atoms with Crippen LogP contribution >= 0.6 is 15.9 Å². The lowest BCUT2D eigenvalue weighted by Gasteiger charge is -2.46. The Morgan fingerprint density at radius 1 is 1.12 bits per heavy atom. The Hall–Kier alpha value is -1.79. The number of nitrogens with zero attached hydrogens (tertiary/aromatic N) is 2. The molecule has 0 N–H and O–H groups in total. The highest BCUT2D eigenvalue weighted by atomic mass is 79.9. The fourth-order valence-corrected chi connectivity index (χ4v) is 4.44. The van der Waals surface area contributed by atoms with Crippen LogP contribution in [0.3, 0.4) is 0 Å². The van der Waals surface area contributed by atoms with Gasteiger partial charge in [0.1, 0.15) is 6.79 Å². The first-order chi connectivity index (χ1) is 15.7. The van der Waals surface area contributed by atoms with Crippen LogP contribution < -0.4 is 4.90 Å². The van der Waals surface area contributed by atoms with Gasteiger partial charge in [0.25, 0.3) is 5.60 Å². The van der Waals surface area contributed by atoms with Crippen molar-refractivity contribution >= 4 is 33.6 Å². The molecular weight excluding hydrogens is 534 g/mol. The van der Waals surface area contributed by atoms with E-state index in [-0.39, 0.29) is 28.9 Å². The van der Waals surface area contributed by atoms with Crippen LogP contribution in [0.25, 0.3) is 6.08 Å². The number of hydrogen-bond acceptors (Lipinski definition) is 4. The van der Waals surface area contributed by atoms with E-state index < -0.39 is 30.3 Å². The minimum atomic E-state index is -5.80. The molecule has 0 saturated carbocycles. The number of alkyl halides is 7. The summed E-state index contributed by atoms with van der Waals surface area (Å²) >= 11 is 3.15. The van der Waals surface area contributed by atoms with Crippen molar-refractivity contribution in [3.8, 4) is 0 Å². The molecule has 0 aromatic heterocycles. The Morgan fingerprint density at radius 2 is 1.74 bits per heavy atom. The second-order valence-electron chi connectivity index (χ2n) is 8.03. The van der Waals surface area contributed by atoms with Gasteiger partial charge in [0.05, 0.1) is 5.33 Å². The molecule has 1 fully saturated rings. The van der Waals surface area contributed by atoms with Crippen LogP contribution in [0.2, 0.25) is 0 Å². The minimum absolute atomic E-state index is 0.0987. The number of carbonyl (C=O) groups is 1. The van der Waals surface area contributed by atoms with Crippen LogP contribution in [-0.2, 0) is 19.9 Å². The first kappa shape index (κ1) is 28.4. The fraction of sp³-hybridized carbons (Fsp3) is 0.591. The van der Waals surface area contributed by atoms with Crippen LogP contribution in [0.4, 0.5) is 32.0 Å². The predicted molar refractivity (Wildman–Crippen MR) is 120 cm³/mol. The summed E-state index contributed by atoms with van der Waals surface area (Å²) in [6.07, 6.45) is -8.63. The van der Waals surface area contributed by atoms with Crippen molar-refractivity contribution in [2.45, 2.75) is 50.8 Å². The molecule has 2 rings (SSSR count). The zero-order chi connectivity index (χ0) is 25.9. The number of carbonyl (C=O) groups excluding carboxylic acids is 1. The van der Waals surface area contributed by atoms with E-state index in [0.29, 0.717) is 18.8 Å². The average Bonchev–Trinajstić information content (AvgIpc) is 2.73. The molecule has 1 amide bonds. The number of hydrogen-bond donors (Lipinski definition) is 0. The second kappa shape index (κ2) is 10.9. The highest BCUT2D eigenvalue weighted by Crippen LogP contribution is 2.53. The Balaban J connectivity index is 2.62. The SMILES string of the molecule is CC=Cc1cc(C(OCOC)(C(F)(F)F)C(F)(F)F)ccc1N1CC(C)N(C(=O)CBr)CC1C. The number of anilines is 1. The van der Waals surface area contributed by atoms with E-state index in [1.54, 1.807) is 11.8 Å². The van der Waals surface area contributed by atoms with Gasteiger partial charge in [-0.1, -0.05) is 34.1 Å². The van der Waals surface area contributed by atoms with Crippen LogP contribution in [0.15, 0.2) is 24.3 Å². The summed E-state index contributed by atoms with van der Waals surface area (Å²) in [5.41, 5.74) is -5.05. The normalized spacial score (nSPS) is 20.3. The fourth-order valence-electron chi connectivity index (χ4n) is 4.12. The summed E-state index contributed by atoms with van der Waals surface area (Å²) < 4.78 is 92.4. The summed E-state index contributed by atoms with van der Waals surface area (Å²) in [5, 5.41) is 0.154. The maximum absolute atomic E-state index is 13.9. The van der Waals surface area contributed by atoms with Crippen LogP contribution in [0.5, 0.6) is 0 Å². The lowest BCUT2D eigenvalue weighted by molar-refractivity contribution is -0.400. The first-order valence-electron chi connectivity index (χ1n) is 10.4. The maximum Gasteiger partial charge on any atom is 0.430 e. The topological polar surface area (TPSA) is 42.0 Å². The van der Waals surface area contributed by atoms with Crippen molar-refractivity contribution < 1.29 is 40.6 Å². The molecule has 2 atom stereocenters. The molecule has 0 spiro atoms. The highest BCUT2D eigenvalue weighted by molar-refractivity contribution is 9.09. The van der Waals surface area contributed by atoms with Gasteiger partial charge >= 0.3 is 12.4 Å². The molecule has 0 radical (unpaired) electrons. The lowest BCUT2D eigenvalue weighted by Crippen LogP contribution is -2.58. The molecule has 12 heteroatoms. The number of methoxy groups -OCH3 is 1. The van der Waals surface area contributed by atoms with Crippen molar-refractivity contribution in [1.82, 2.24) is 4.90 Å². The summed E-state index contributed by atoms with van der Waals surface area (Å²) in [5.74, 6) is -0.0987. The largest absolute Gasteiger partial charge is 0.430 e. The smallest absolute Gasteiger partial charge is 0.365 e. The van der Waals surface area contributed by atoms with Crippen LogP contribution in [-0.4, -0.2) is 67.6 Å². The molecule has 2 unspecified atom stereocenters. The molecular formula is C22H27BrF6N2O3. The van der Waals surface area contributed by atoms with E-state index in [4.69, 9.17) is 0 Å². The third-order valence-corrected chi connectivity index (χ3v) is 6.18. The summed E-state index contributed by atoms with van der Waals surface area (Å²) in [4.78, 5) is 15.7. The highest BCUT2D eigenvalue weighted by Gasteiger charge is 2.73. The molecule has 192 valence electrons. The Morgan fingerprint density at radius 3 is 2.24 bits per heavy atom. The van der Waals surface area contributed by atoms with Gasteiger partial charge in [-0.05, 0) is 38.5 Å². The lowest BCUT2D eigenvalue weighted by atomic mass is 9.89. The molecule has 1 aliphatic heterocycles. The van der Waals surface area contributed by atoms with Crippen molar-refractivity contribution in [2.24, 2.45) is 0 Å². The number of allylic oxidation sites excluding steroid dienone is 1. The molecule has 0 bridgehead atoms. The first-order valence-corrected chi connectivity index (χ1v) is 11.5. The van der Waals surface area contributed by atoms with Gasteiger partial charge in [-0.25, -0.2) is 0 Å². The molecule has 0 aliphatic carbocycles. The van der Waals surface area contributed by atoms with E-state index >= 15 is 0 Å². The monoisotopic (exact) mass is 560 g/mol. The predicted octanol–water partition coefficient (Wildman–Crippen LogP) is 5.48. The van der Waals surface area contributed by atoms with E-state index in [0.717, 1.165) is 19.2 Å². The standard InChI is InChI=1S/C22H27BrF6N2O3/c1-5-6-16-9-17(20(21(24,25)26,22(27,28)29)34-13-33-4)7-8-18(16)30-11-15(3)31(12-14(30)2)19(32)10-23/h5-9,14-15H,10-13H2,1-4H3. The molecule has 1 saturated heterocycles. The third kappa shape index (κ3) is 5.38. The number of piperazine rings is 1. The number of benzene rings is 1. The van der Waals surface area contributed by atoms with E-state index in [2.05, 4.69) is 25.4 Å². The quantitative estimate of drug-likeness (QED) is 0.251. The van der Waals surface area contributed by atoms with Crippen LogP contribution in [0.1, 0.15) is 31.9 Å². The van der Waals surface area contributed by atoms with Crippen molar-refractivity contribution in [2.75, 3.05) is 37.2 Å². The summed E-state index contributed by atoms with van der Waals surface area (Å²) in [6, 6.07) is 2.42. The Bertz CT molecular complexity index is 876. The van der Waals surface area contributed by atoms with Gasteiger partial charge in [-0.3, -0.25) is 4.79 Å². The van der Waals surface area contributed by atoms with Crippen LogP contribution in [0, 0.1) is 0 Å². The zero-order valence-electron chi connectivity index (χ0n) is 19.1. The number of halogens is 7.